The van der Waals surface area contributed by atoms with Crippen LogP contribution in [0.1, 0.15) is 36.2 Å². The molecule has 0 aliphatic carbocycles. The van der Waals surface area contributed by atoms with E-state index in [1.54, 1.807) is 19.1 Å². The lowest BCUT2D eigenvalue weighted by Crippen LogP contribution is -2.42. The lowest BCUT2D eigenvalue weighted by atomic mass is 9.91. The van der Waals surface area contributed by atoms with Crippen molar-refractivity contribution in [2.45, 2.75) is 27.2 Å². The third kappa shape index (κ3) is 2.98. The van der Waals surface area contributed by atoms with E-state index in [1.165, 1.54) is 6.07 Å². The smallest absolute Gasteiger partial charge is 0.272 e. The van der Waals surface area contributed by atoms with Crippen molar-refractivity contribution in [2.24, 2.45) is 11.8 Å². The Labute approximate surface area is 118 Å². The van der Waals surface area contributed by atoms with E-state index in [4.69, 9.17) is 0 Å². The quantitative estimate of drug-likeness (QED) is 0.616. The van der Waals surface area contributed by atoms with Gasteiger partial charge in [-0.1, -0.05) is 13.8 Å². The van der Waals surface area contributed by atoms with Gasteiger partial charge in [0.05, 0.1) is 4.92 Å². The maximum atomic E-state index is 12.5. The number of nitrogens with zero attached hydrogens (tertiary/aromatic N) is 2. The van der Waals surface area contributed by atoms with E-state index in [1.807, 2.05) is 4.90 Å². The van der Waals surface area contributed by atoms with E-state index in [2.05, 4.69) is 13.8 Å². The summed E-state index contributed by atoms with van der Waals surface area (Å²) in [6, 6.07) is 4.58. The number of carbonyl (C=O) groups is 1. The van der Waals surface area contributed by atoms with Crippen LogP contribution < -0.4 is 0 Å². The Bertz CT molecular complexity index is 532. The number of piperidine rings is 1. The second-order valence-corrected chi connectivity index (χ2v) is 5.91. The van der Waals surface area contributed by atoms with Crippen molar-refractivity contribution < 1.29 is 9.72 Å². The predicted molar refractivity (Wildman–Crippen MR) is 76.7 cm³/mol. The molecule has 0 N–H and O–H groups in total. The molecule has 108 valence electrons. The van der Waals surface area contributed by atoms with Gasteiger partial charge in [-0.25, -0.2) is 0 Å². The van der Waals surface area contributed by atoms with Crippen molar-refractivity contribution in [3.63, 3.8) is 0 Å². The van der Waals surface area contributed by atoms with E-state index in [-0.39, 0.29) is 11.6 Å². The third-order valence-electron chi connectivity index (χ3n) is 3.80. The van der Waals surface area contributed by atoms with Crippen molar-refractivity contribution in [3.05, 3.63) is 39.4 Å². The van der Waals surface area contributed by atoms with Crippen molar-refractivity contribution in [1.29, 1.82) is 0 Å². The topological polar surface area (TPSA) is 63.5 Å². The molecular formula is C15H20N2O3. The molecule has 5 nitrogen and oxygen atoms in total. The Kier molecular flexibility index (Phi) is 4.06. The highest BCUT2D eigenvalue weighted by Gasteiger charge is 2.26. The lowest BCUT2D eigenvalue weighted by molar-refractivity contribution is -0.385. The molecule has 1 amide bonds. The Balaban J connectivity index is 2.21. The monoisotopic (exact) mass is 276 g/mol. The Morgan fingerprint density at radius 1 is 1.30 bits per heavy atom. The number of benzene rings is 1. The fourth-order valence-corrected chi connectivity index (χ4v) is 3.00. The van der Waals surface area contributed by atoms with E-state index in [0.29, 0.717) is 23.0 Å². The first-order chi connectivity index (χ1) is 9.38. The average molecular weight is 276 g/mol. The highest BCUT2D eigenvalue weighted by atomic mass is 16.6. The zero-order valence-electron chi connectivity index (χ0n) is 12.1. The molecule has 2 rings (SSSR count). The van der Waals surface area contributed by atoms with Gasteiger partial charge in [-0.15, -0.1) is 0 Å². The normalized spacial score (nSPS) is 22.6. The molecule has 20 heavy (non-hydrogen) atoms. The van der Waals surface area contributed by atoms with Gasteiger partial charge in [0, 0.05) is 30.3 Å². The summed E-state index contributed by atoms with van der Waals surface area (Å²) >= 11 is 0. The van der Waals surface area contributed by atoms with E-state index in [0.717, 1.165) is 19.5 Å². The molecule has 1 aromatic rings. The number of nitro groups is 1. The number of nitro benzene ring substituents is 1. The summed E-state index contributed by atoms with van der Waals surface area (Å²) in [5.41, 5.74) is 1.12. The van der Waals surface area contributed by atoms with Crippen LogP contribution in [0.2, 0.25) is 0 Å². The van der Waals surface area contributed by atoms with Gasteiger partial charge in [0.15, 0.2) is 0 Å². The molecular weight excluding hydrogens is 256 g/mol. The highest BCUT2D eigenvalue weighted by molar-refractivity contribution is 5.94. The van der Waals surface area contributed by atoms with Crippen LogP contribution in [0.15, 0.2) is 18.2 Å². The molecule has 0 unspecified atom stereocenters. The van der Waals surface area contributed by atoms with Crippen molar-refractivity contribution in [3.8, 4) is 0 Å². The van der Waals surface area contributed by atoms with E-state index < -0.39 is 4.92 Å². The van der Waals surface area contributed by atoms with Gasteiger partial charge in [0.25, 0.3) is 11.6 Å². The minimum Gasteiger partial charge on any atom is -0.338 e. The van der Waals surface area contributed by atoms with Crippen LogP contribution in [0, 0.1) is 28.9 Å². The summed E-state index contributed by atoms with van der Waals surface area (Å²) in [7, 11) is 0. The Hall–Kier alpha value is -1.91. The van der Waals surface area contributed by atoms with Crippen molar-refractivity contribution in [2.75, 3.05) is 13.1 Å². The van der Waals surface area contributed by atoms with Crippen molar-refractivity contribution >= 4 is 11.6 Å². The molecule has 1 saturated heterocycles. The van der Waals surface area contributed by atoms with Gasteiger partial charge in [-0.3, -0.25) is 14.9 Å². The molecule has 5 heteroatoms. The lowest BCUT2D eigenvalue weighted by Gasteiger charge is -2.35. The maximum absolute atomic E-state index is 12.5. The molecule has 0 bridgehead atoms. The van der Waals surface area contributed by atoms with Crippen LogP contribution in [0.3, 0.4) is 0 Å². The Morgan fingerprint density at radius 3 is 2.40 bits per heavy atom. The first-order valence-corrected chi connectivity index (χ1v) is 6.92. The number of rotatable bonds is 2. The fourth-order valence-electron chi connectivity index (χ4n) is 3.00. The first kappa shape index (κ1) is 14.5. The van der Waals surface area contributed by atoms with Gasteiger partial charge in [-0.05, 0) is 37.3 Å². The number of amides is 1. The van der Waals surface area contributed by atoms with E-state index in [9.17, 15) is 14.9 Å². The summed E-state index contributed by atoms with van der Waals surface area (Å²) in [5.74, 6) is 0.977. The summed E-state index contributed by atoms with van der Waals surface area (Å²) in [6.07, 6.45) is 1.14. The molecule has 0 saturated carbocycles. The molecule has 0 radical (unpaired) electrons. The standard InChI is InChI=1S/C15H20N2O3/c1-10-6-11(2)9-16(8-10)15(18)13-4-5-14(17(19)20)12(3)7-13/h4-5,7,10-11H,6,8-9H2,1-3H3/t10-,11-/m0/s1. The number of likely N-dealkylation sites (tertiary alicyclic amines) is 1. The molecule has 0 aromatic heterocycles. The highest BCUT2D eigenvalue weighted by Crippen LogP contribution is 2.24. The van der Waals surface area contributed by atoms with Gasteiger partial charge >= 0.3 is 0 Å². The van der Waals surface area contributed by atoms with Crippen molar-refractivity contribution in [1.82, 2.24) is 4.90 Å². The Morgan fingerprint density at radius 2 is 1.90 bits per heavy atom. The maximum Gasteiger partial charge on any atom is 0.272 e. The van der Waals surface area contributed by atoms with Gasteiger partial charge in [0.2, 0.25) is 0 Å². The predicted octanol–water partition coefficient (Wildman–Crippen LogP) is 3.02. The third-order valence-corrected chi connectivity index (χ3v) is 3.80. The molecule has 1 aromatic carbocycles. The van der Waals surface area contributed by atoms with Crippen LogP contribution in [-0.2, 0) is 0 Å². The first-order valence-electron chi connectivity index (χ1n) is 6.92. The van der Waals surface area contributed by atoms with Gasteiger partial charge < -0.3 is 4.90 Å². The second kappa shape index (κ2) is 5.61. The van der Waals surface area contributed by atoms with Gasteiger partial charge in [0.1, 0.15) is 0 Å². The molecule has 1 fully saturated rings. The molecule has 1 heterocycles. The molecule has 0 spiro atoms. The summed E-state index contributed by atoms with van der Waals surface area (Å²) in [5, 5.41) is 10.8. The van der Waals surface area contributed by atoms with Crippen LogP contribution in [-0.4, -0.2) is 28.8 Å². The van der Waals surface area contributed by atoms with Crippen LogP contribution in [0.5, 0.6) is 0 Å². The summed E-state index contributed by atoms with van der Waals surface area (Å²) < 4.78 is 0. The largest absolute Gasteiger partial charge is 0.338 e. The zero-order valence-corrected chi connectivity index (χ0v) is 12.1. The SMILES string of the molecule is Cc1cc(C(=O)N2C[C@@H](C)C[C@H](C)C2)ccc1[N+](=O)[O-]. The van der Waals surface area contributed by atoms with Gasteiger partial charge in [-0.2, -0.15) is 0 Å². The number of hydrogen-bond donors (Lipinski definition) is 0. The fraction of sp³-hybridized carbons (Fsp3) is 0.533. The minimum atomic E-state index is -0.422. The van der Waals surface area contributed by atoms with E-state index >= 15 is 0 Å². The van der Waals surface area contributed by atoms with Crippen LogP contribution in [0.25, 0.3) is 0 Å². The molecule has 1 aliphatic heterocycles. The number of aryl methyl sites for hydroxylation is 1. The summed E-state index contributed by atoms with van der Waals surface area (Å²) in [6.45, 7) is 7.49. The average Bonchev–Trinajstić information content (AvgIpc) is 2.36. The molecule has 1 aliphatic rings. The van der Waals surface area contributed by atoms with Crippen LogP contribution in [0.4, 0.5) is 5.69 Å². The molecule has 2 atom stereocenters. The summed E-state index contributed by atoms with van der Waals surface area (Å²) in [4.78, 5) is 24.7. The zero-order chi connectivity index (χ0) is 14.9. The van der Waals surface area contributed by atoms with Crippen LogP contribution >= 0.6 is 0 Å². The number of hydrogen-bond acceptors (Lipinski definition) is 3. The second-order valence-electron chi connectivity index (χ2n) is 5.91. The minimum absolute atomic E-state index is 0.0265. The number of carbonyl (C=O) groups excluding carboxylic acids is 1.